The van der Waals surface area contributed by atoms with Crippen LogP contribution in [-0.4, -0.2) is 42.6 Å². The van der Waals surface area contributed by atoms with E-state index in [-0.39, 0.29) is 12.6 Å². The van der Waals surface area contributed by atoms with Crippen LogP contribution in [0.2, 0.25) is 0 Å². The number of ether oxygens (including phenoxy) is 1. The molecule has 0 amide bonds. The maximum Gasteiger partial charge on any atom is 0.0807 e. The number of para-hydroxylation sites is 1. The lowest BCUT2D eigenvalue weighted by molar-refractivity contribution is 0.0721. The fourth-order valence-electron chi connectivity index (χ4n) is 2.37. The molecular weight excluding hydrogens is 230 g/mol. The zero-order valence-corrected chi connectivity index (χ0v) is 10.7. The molecule has 0 aromatic heterocycles. The van der Waals surface area contributed by atoms with E-state index in [2.05, 4.69) is 4.90 Å². The molecule has 2 rings (SSSR count). The summed E-state index contributed by atoms with van der Waals surface area (Å²) < 4.78 is 5.39. The standard InChI is InChI=1S/C14H21NO3/c1-2-14(17)12-5-3-4-6-13(12)15-7-8-18-10-11(15)9-16/h3-6,11,14,16-17H,2,7-10H2,1H3. The first-order valence-corrected chi connectivity index (χ1v) is 6.50. The first-order chi connectivity index (χ1) is 8.77. The Kier molecular flexibility index (Phi) is 4.58. The molecule has 1 saturated heterocycles. The molecule has 1 aliphatic heterocycles. The van der Waals surface area contributed by atoms with E-state index in [1.165, 1.54) is 0 Å². The summed E-state index contributed by atoms with van der Waals surface area (Å²) in [6.45, 7) is 3.97. The number of aliphatic hydroxyl groups is 2. The summed E-state index contributed by atoms with van der Waals surface area (Å²) in [5.74, 6) is 0. The van der Waals surface area contributed by atoms with Crippen LogP contribution in [0.25, 0.3) is 0 Å². The molecule has 1 aliphatic rings. The molecule has 1 aromatic carbocycles. The largest absolute Gasteiger partial charge is 0.394 e. The average Bonchev–Trinajstić information content (AvgIpc) is 2.46. The van der Waals surface area contributed by atoms with Crippen LogP contribution in [0.3, 0.4) is 0 Å². The number of anilines is 1. The zero-order chi connectivity index (χ0) is 13.0. The van der Waals surface area contributed by atoms with Crippen LogP contribution < -0.4 is 4.90 Å². The van der Waals surface area contributed by atoms with Gasteiger partial charge < -0.3 is 19.8 Å². The molecule has 0 spiro atoms. The van der Waals surface area contributed by atoms with Gasteiger partial charge in [0.15, 0.2) is 0 Å². The van der Waals surface area contributed by atoms with Gasteiger partial charge in [0.05, 0.1) is 32.0 Å². The highest BCUT2D eigenvalue weighted by Gasteiger charge is 2.25. The predicted octanol–water partition coefficient (Wildman–Crippen LogP) is 1.33. The third-order valence-electron chi connectivity index (χ3n) is 3.43. The number of nitrogens with zero attached hydrogens (tertiary/aromatic N) is 1. The zero-order valence-electron chi connectivity index (χ0n) is 10.7. The Balaban J connectivity index is 2.30. The van der Waals surface area contributed by atoms with E-state index in [1.54, 1.807) is 0 Å². The smallest absolute Gasteiger partial charge is 0.0807 e. The SMILES string of the molecule is CCC(O)c1ccccc1N1CCOCC1CO. The summed E-state index contributed by atoms with van der Waals surface area (Å²) in [5.41, 5.74) is 1.94. The van der Waals surface area contributed by atoms with Crippen molar-refractivity contribution < 1.29 is 14.9 Å². The van der Waals surface area contributed by atoms with Crippen molar-refractivity contribution in [3.05, 3.63) is 29.8 Å². The Morgan fingerprint density at radius 3 is 2.94 bits per heavy atom. The second kappa shape index (κ2) is 6.18. The van der Waals surface area contributed by atoms with E-state index in [4.69, 9.17) is 4.74 Å². The van der Waals surface area contributed by atoms with Gasteiger partial charge in [0.1, 0.15) is 0 Å². The van der Waals surface area contributed by atoms with Crippen molar-refractivity contribution in [1.82, 2.24) is 0 Å². The lowest BCUT2D eigenvalue weighted by atomic mass is 10.0. The average molecular weight is 251 g/mol. The summed E-state index contributed by atoms with van der Waals surface area (Å²) in [6, 6.07) is 7.83. The highest BCUT2D eigenvalue weighted by atomic mass is 16.5. The van der Waals surface area contributed by atoms with Gasteiger partial charge in [-0.25, -0.2) is 0 Å². The molecule has 2 unspecified atom stereocenters. The lowest BCUT2D eigenvalue weighted by Crippen LogP contribution is -2.48. The minimum atomic E-state index is -0.455. The second-order valence-electron chi connectivity index (χ2n) is 4.59. The van der Waals surface area contributed by atoms with Crippen molar-refractivity contribution in [2.24, 2.45) is 0 Å². The van der Waals surface area contributed by atoms with Crippen molar-refractivity contribution in [1.29, 1.82) is 0 Å². The molecule has 18 heavy (non-hydrogen) atoms. The van der Waals surface area contributed by atoms with Crippen LogP contribution in [0.15, 0.2) is 24.3 Å². The van der Waals surface area contributed by atoms with Crippen molar-refractivity contribution >= 4 is 5.69 Å². The number of morpholine rings is 1. The van der Waals surface area contributed by atoms with Gasteiger partial charge in [0, 0.05) is 17.8 Å². The lowest BCUT2D eigenvalue weighted by Gasteiger charge is -2.38. The second-order valence-corrected chi connectivity index (χ2v) is 4.59. The minimum absolute atomic E-state index is 0.0241. The molecule has 0 bridgehead atoms. The first kappa shape index (κ1) is 13.3. The normalized spacial score (nSPS) is 21.9. The summed E-state index contributed by atoms with van der Waals surface area (Å²) >= 11 is 0. The third-order valence-corrected chi connectivity index (χ3v) is 3.43. The summed E-state index contributed by atoms with van der Waals surface area (Å²) in [6.07, 6.45) is 0.230. The molecule has 100 valence electrons. The van der Waals surface area contributed by atoms with Crippen molar-refractivity contribution in [3.63, 3.8) is 0 Å². The Labute approximate surface area is 108 Å². The third kappa shape index (κ3) is 2.66. The molecule has 2 N–H and O–H groups in total. The van der Waals surface area contributed by atoms with Crippen LogP contribution >= 0.6 is 0 Å². The van der Waals surface area contributed by atoms with E-state index in [0.717, 1.165) is 17.8 Å². The fraction of sp³-hybridized carbons (Fsp3) is 0.571. The van der Waals surface area contributed by atoms with Crippen LogP contribution in [0.4, 0.5) is 5.69 Å². The van der Waals surface area contributed by atoms with Crippen LogP contribution in [0, 0.1) is 0 Å². The number of benzene rings is 1. The molecule has 4 heteroatoms. The van der Waals surface area contributed by atoms with E-state index < -0.39 is 6.10 Å². The highest BCUT2D eigenvalue weighted by molar-refractivity contribution is 5.55. The fourth-order valence-corrected chi connectivity index (χ4v) is 2.37. The van der Waals surface area contributed by atoms with Gasteiger partial charge in [-0.1, -0.05) is 25.1 Å². The number of aliphatic hydroxyl groups excluding tert-OH is 2. The van der Waals surface area contributed by atoms with Gasteiger partial charge in [-0.15, -0.1) is 0 Å². The van der Waals surface area contributed by atoms with Gasteiger partial charge in [-0.05, 0) is 12.5 Å². The van der Waals surface area contributed by atoms with Crippen LogP contribution in [0.1, 0.15) is 25.0 Å². The Morgan fingerprint density at radius 2 is 2.22 bits per heavy atom. The Hall–Kier alpha value is -1.10. The highest BCUT2D eigenvalue weighted by Crippen LogP contribution is 2.30. The van der Waals surface area contributed by atoms with Crippen molar-refractivity contribution in [2.45, 2.75) is 25.5 Å². The van der Waals surface area contributed by atoms with Gasteiger partial charge in [-0.2, -0.15) is 0 Å². The maximum atomic E-state index is 10.1. The number of hydrogen-bond acceptors (Lipinski definition) is 4. The van der Waals surface area contributed by atoms with E-state index in [1.807, 2.05) is 31.2 Å². The van der Waals surface area contributed by atoms with Gasteiger partial charge in [0.2, 0.25) is 0 Å². The van der Waals surface area contributed by atoms with Gasteiger partial charge >= 0.3 is 0 Å². The molecule has 1 fully saturated rings. The van der Waals surface area contributed by atoms with E-state index in [9.17, 15) is 10.2 Å². The van der Waals surface area contributed by atoms with Crippen molar-refractivity contribution in [2.75, 3.05) is 31.3 Å². The van der Waals surface area contributed by atoms with Gasteiger partial charge in [-0.3, -0.25) is 0 Å². The topological polar surface area (TPSA) is 52.9 Å². The summed E-state index contributed by atoms with van der Waals surface area (Å²) in [7, 11) is 0. The monoisotopic (exact) mass is 251 g/mol. The van der Waals surface area contributed by atoms with Crippen molar-refractivity contribution in [3.8, 4) is 0 Å². The molecule has 4 nitrogen and oxygen atoms in total. The molecule has 0 aliphatic carbocycles. The quantitative estimate of drug-likeness (QED) is 0.847. The van der Waals surface area contributed by atoms with E-state index in [0.29, 0.717) is 19.6 Å². The summed E-state index contributed by atoms with van der Waals surface area (Å²) in [4.78, 5) is 2.14. The molecule has 1 heterocycles. The van der Waals surface area contributed by atoms with E-state index >= 15 is 0 Å². The predicted molar refractivity (Wildman–Crippen MR) is 70.7 cm³/mol. The Bertz CT molecular complexity index is 383. The molecule has 0 radical (unpaired) electrons. The number of hydrogen-bond donors (Lipinski definition) is 2. The molecule has 0 saturated carbocycles. The maximum absolute atomic E-state index is 10.1. The van der Waals surface area contributed by atoms with Gasteiger partial charge in [0.25, 0.3) is 0 Å². The summed E-state index contributed by atoms with van der Waals surface area (Å²) in [5, 5.41) is 19.5. The minimum Gasteiger partial charge on any atom is -0.394 e. The first-order valence-electron chi connectivity index (χ1n) is 6.50. The number of rotatable bonds is 4. The molecule has 2 atom stereocenters. The molecule has 1 aromatic rings. The van der Waals surface area contributed by atoms with Crippen LogP contribution in [0.5, 0.6) is 0 Å². The Morgan fingerprint density at radius 1 is 1.44 bits per heavy atom. The van der Waals surface area contributed by atoms with Crippen LogP contribution in [-0.2, 0) is 4.74 Å². The molecular formula is C14H21NO3.